The summed E-state index contributed by atoms with van der Waals surface area (Å²) in [6.07, 6.45) is -0.710. The van der Waals surface area contributed by atoms with E-state index in [1.807, 2.05) is 19.1 Å². The Kier molecular flexibility index (Phi) is 6.94. The van der Waals surface area contributed by atoms with Crippen molar-refractivity contribution in [3.05, 3.63) is 59.2 Å². The van der Waals surface area contributed by atoms with Crippen LogP contribution >= 0.6 is 0 Å². The number of ether oxygens (including phenoxy) is 7. The summed E-state index contributed by atoms with van der Waals surface area (Å²) in [6.45, 7) is 3.63. The van der Waals surface area contributed by atoms with E-state index in [1.165, 1.54) is 21.3 Å². The first-order chi connectivity index (χ1) is 18.8. The molecule has 0 fully saturated rings. The molecular formula is C30H32O9. The average Bonchev–Trinajstić information content (AvgIpc) is 3.42. The molecule has 0 saturated carbocycles. The Morgan fingerprint density at radius 2 is 1.62 bits per heavy atom. The molecule has 0 aromatic heterocycles. The SMILES string of the molecule is COc1cc2c(c(OC)c1OC)-c1c(cc3c(c1OC)OCO3)C[C@H](C)[C@@](C)(O)[C@H]2OC(=O)c1ccccc1. The second-order valence-corrected chi connectivity index (χ2v) is 9.77. The average molecular weight is 537 g/mol. The van der Waals surface area contributed by atoms with Gasteiger partial charge in [-0.15, -0.1) is 0 Å². The quantitative estimate of drug-likeness (QED) is 0.438. The minimum Gasteiger partial charge on any atom is -0.493 e. The van der Waals surface area contributed by atoms with Crippen LogP contribution in [0.1, 0.15) is 41.4 Å². The zero-order valence-electron chi connectivity index (χ0n) is 22.8. The molecule has 3 atom stereocenters. The second-order valence-electron chi connectivity index (χ2n) is 9.77. The number of esters is 1. The van der Waals surface area contributed by atoms with Crippen molar-refractivity contribution in [3.63, 3.8) is 0 Å². The number of rotatable bonds is 6. The molecule has 3 aromatic carbocycles. The van der Waals surface area contributed by atoms with Crippen molar-refractivity contribution in [2.75, 3.05) is 35.2 Å². The van der Waals surface area contributed by atoms with Gasteiger partial charge in [0.25, 0.3) is 0 Å². The number of carbonyl (C=O) groups is 1. The topological polar surface area (TPSA) is 102 Å². The van der Waals surface area contributed by atoms with Crippen molar-refractivity contribution in [2.24, 2.45) is 5.92 Å². The first-order valence-electron chi connectivity index (χ1n) is 12.6. The van der Waals surface area contributed by atoms with Crippen LogP contribution in [-0.4, -0.2) is 51.9 Å². The van der Waals surface area contributed by atoms with Gasteiger partial charge in [0.1, 0.15) is 5.60 Å². The van der Waals surface area contributed by atoms with Crippen LogP contribution in [0.25, 0.3) is 11.1 Å². The Bertz CT molecular complexity index is 1400. The van der Waals surface area contributed by atoms with E-state index in [0.29, 0.717) is 63.2 Å². The Morgan fingerprint density at radius 3 is 2.26 bits per heavy atom. The molecule has 39 heavy (non-hydrogen) atoms. The Labute approximate surface area is 227 Å². The van der Waals surface area contributed by atoms with E-state index in [1.54, 1.807) is 44.4 Å². The summed E-state index contributed by atoms with van der Waals surface area (Å²) in [4.78, 5) is 13.4. The molecule has 9 nitrogen and oxygen atoms in total. The van der Waals surface area contributed by atoms with Crippen LogP contribution in [0.3, 0.4) is 0 Å². The van der Waals surface area contributed by atoms with Gasteiger partial charge in [0.15, 0.2) is 29.1 Å². The molecule has 1 aliphatic carbocycles. The van der Waals surface area contributed by atoms with E-state index in [-0.39, 0.29) is 12.7 Å². The van der Waals surface area contributed by atoms with E-state index in [4.69, 9.17) is 33.2 Å². The van der Waals surface area contributed by atoms with Gasteiger partial charge in [-0.05, 0) is 49.1 Å². The summed E-state index contributed by atoms with van der Waals surface area (Å²) in [6, 6.07) is 12.3. The number of carbonyl (C=O) groups excluding carboxylic acids is 1. The fourth-order valence-electron chi connectivity index (χ4n) is 5.37. The van der Waals surface area contributed by atoms with E-state index < -0.39 is 17.7 Å². The normalized spacial score (nSPS) is 21.1. The Hall–Kier alpha value is -4.11. The molecule has 1 N–H and O–H groups in total. The van der Waals surface area contributed by atoms with Crippen LogP contribution < -0.4 is 28.4 Å². The third-order valence-corrected chi connectivity index (χ3v) is 7.59. The predicted octanol–water partition coefficient (Wildman–Crippen LogP) is 4.96. The zero-order valence-corrected chi connectivity index (χ0v) is 22.8. The van der Waals surface area contributed by atoms with Crippen molar-refractivity contribution >= 4 is 5.97 Å². The van der Waals surface area contributed by atoms with E-state index in [9.17, 15) is 9.90 Å². The molecule has 3 aromatic rings. The number of hydrogen-bond donors (Lipinski definition) is 1. The maximum atomic E-state index is 13.4. The summed E-state index contributed by atoms with van der Waals surface area (Å²) in [7, 11) is 6.08. The lowest BCUT2D eigenvalue weighted by Crippen LogP contribution is -2.43. The molecule has 0 radical (unpaired) electrons. The largest absolute Gasteiger partial charge is 0.493 e. The van der Waals surface area contributed by atoms with E-state index >= 15 is 0 Å². The van der Waals surface area contributed by atoms with Crippen LogP contribution in [0, 0.1) is 5.92 Å². The van der Waals surface area contributed by atoms with Crippen molar-refractivity contribution in [1.82, 2.24) is 0 Å². The van der Waals surface area contributed by atoms with Gasteiger partial charge in [-0.2, -0.15) is 0 Å². The lowest BCUT2D eigenvalue weighted by atomic mass is 9.73. The lowest BCUT2D eigenvalue weighted by Gasteiger charge is -2.41. The summed E-state index contributed by atoms with van der Waals surface area (Å²) >= 11 is 0. The van der Waals surface area contributed by atoms with Crippen LogP contribution in [0.15, 0.2) is 42.5 Å². The summed E-state index contributed by atoms with van der Waals surface area (Å²) < 4.78 is 40.9. The van der Waals surface area contributed by atoms with Crippen molar-refractivity contribution < 1.29 is 43.1 Å². The van der Waals surface area contributed by atoms with Gasteiger partial charge in [-0.3, -0.25) is 0 Å². The summed E-state index contributed by atoms with van der Waals surface area (Å²) in [5.74, 6) is 1.51. The summed E-state index contributed by atoms with van der Waals surface area (Å²) in [5.41, 5.74) is 1.34. The van der Waals surface area contributed by atoms with Gasteiger partial charge in [0, 0.05) is 16.7 Å². The maximum Gasteiger partial charge on any atom is 0.338 e. The molecule has 206 valence electrons. The van der Waals surface area contributed by atoms with E-state index in [2.05, 4.69) is 0 Å². The number of hydrogen-bond acceptors (Lipinski definition) is 9. The number of aliphatic hydroxyl groups is 1. The minimum atomic E-state index is -1.51. The van der Waals surface area contributed by atoms with Gasteiger partial charge in [0.05, 0.1) is 34.0 Å². The van der Waals surface area contributed by atoms with Crippen molar-refractivity contribution in [1.29, 1.82) is 0 Å². The van der Waals surface area contributed by atoms with Gasteiger partial charge < -0.3 is 38.3 Å². The highest BCUT2D eigenvalue weighted by molar-refractivity contribution is 5.91. The molecule has 0 bridgehead atoms. The molecule has 2 aliphatic rings. The van der Waals surface area contributed by atoms with E-state index in [0.717, 1.165) is 5.56 Å². The van der Waals surface area contributed by atoms with Gasteiger partial charge in [-0.25, -0.2) is 4.79 Å². The molecule has 0 saturated heterocycles. The highest BCUT2D eigenvalue weighted by atomic mass is 16.7. The van der Waals surface area contributed by atoms with Crippen LogP contribution in [0.5, 0.6) is 34.5 Å². The summed E-state index contributed by atoms with van der Waals surface area (Å²) in [5, 5.41) is 12.1. The highest BCUT2D eigenvalue weighted by Crippen LogP contribution is 2.59. The number of fused-ring (bicyclic) bond motifs is 4. The smallest absolute Gasteiger partial charge is 0.338 e. The van der Waals surface area contributed by atoms with Crippen molar-refractivity contribution in [3.8, 4) is 45.6 Å². The van der Waals surface area contributed by atoms with Gasteiger partial charge >= 0.3 is 5.97 Å². The second kappa shape index (κ2) is 10.2. The third-order valence-electron chi connectivity index (χ3n) is 7.59. The molecular weight excluding hydrogens is 504 g/mol. The fourth-order valence-corrected chi connectivity index (χ4v) is 5.37. The monoisotopic (exact) mass is 536 g/mol. The Morgan fingerprint density at radius 1 is 0.923 bits per heavy atom. The van der Waals surface area contributed by atoms with Gasteiger partial charge in [-0.1, -0.05) is 25.1 Å². The molecule has 1 aliphatic heterocycles. The fraction of sp³-hybridized carbons (Fsp3) is 0.367. The van der Waals surface area contributed by atoms with Crippen LogP contribution in [0.2, 0.25) is 0 Å². The molecule has 9 heteroatoms. The maximum absolute atomic E-state index is 13.4. The lowest BCUT2D eigenvalue weighted by molar-refractivity contribution is -0.107. The molecule has 0 unspecified atom stereocenters. The molecule has 0 amide bonds. The zero-order chi connectivity index (χ0) is 27.9. The van der Waals surface area contributed by atoms with Crippen molar-refractivity contribution in [2.45, 2.75) is 32.0 Å². The first kappa shape index (κ1) is 26.5. The van der Waals surface area contributed by atoms with Gasteiger partial charge in [0.2, 0.25) is 18.3 Å². The minimum absolute atomic E-state index is 0.0507. The molecule has 0 spiro atoms. The number of benzene rings is 3. The number of methoxy groups -OCH3 is 4. The highest BCUT2D eigenvalue weighted by Gasteiger charge is 2.47. The van der Waals surface area contributed by atoms with Crippen LogP contribution in [0.4, 0.5) is 0 Å². The van der Waals surface area contributed by atoms with Crippen LogP contribution in [-0.2, 0) is 11.2 Å². The Balaban J connectivity index is 1.87. The standard InChI is InChI=1S/C30H32O9/c1-16-12-18-13-21-25(38-15-37-21)26(35-5)22(18)23-19(14-20(33-3)24(34-4)27(23)36-6)28(30(16,2)32)39-29(31)17-10-8-7-9-11-17/h7-11,13-14,16,28,32H,12,15H2,1-6H3/t16-,28-,30+/m0/s1. The first-order valence-corrected chi connectivity index (χ1v) is 12.6. The predicted molar refractivity (Wildman–Crippen MR) is 142 cm³/mol. The third kappa shape index (κ3) is 4.27. The molecule has 5 rings (SSSR count). The molecule has 1 heterocycles.